The van der Waals surface area contributed by atoms with Crippen LogP contribution < -0.4 is 5.32 Å². The van der Waals surface area contributed by atoms with E-state index in [1.807, 2.05) is 0 Å². The van der Waals surface area contributed by atoms with Gasteiger partial charge in [0.05, 0.1) is 16.8 Å². The summed E-state index contributed by atoms with van der Waals surface area (Å²) < 4.78 is 13.0. The molecule has 2 N–H and O–H groups in total. The maximum atomic E-state index is 13.0. The molecule has 1 aromatic heterocycles. The molecule has 0 bridgehead atoms. The second kappa shape index (κ2) is 6.20. The van der Waals surface area contributed by atoms with Crippen molar-refractivity contribution in [2.45, 2.75) is 0 Å². The number of H-pyrrole nitrogens is 1. The van der Waals surface area contributed by atoms with Crippen LogP contribution in [0.2, 0.25) is 5.02 Å². The van der Waals surface area contributed by atoms with Crippen LogP contribution in [0.4, 0.5) is 10.1 Å². The average molecular weight is 306 g/mol. The molecule has 0 spiro atoms. The molecule has 0 fully saturated rings. The van der Waals surface area contributed by atoms with Crippen molar-refractivity contribution in [3.8, 4) is 6.07 Å². The number of hydrogen-bond donors (Lipinski definition) is 2. The summed E-state index contributed by atoms with van der Waals surface area (Å²) in [7, 11) is 0. The minimum Gasteiger partial charge on any atom is -0.359 e. The zero-order chi connectivity index (χ0) is 15.4. The molecule has 7 heteroatoms. The molecule has 5 nitrogen and oxygen atoms in total. The number of carbonyl (C=O) groups is 2. The summed E-state index contributed by atoms with van der Waals surface area (Å²) in [6, 6.07) is 8.25. The predicted molar refractivity (Wildman–Crippen MR) is 74.3 cm³/mol. The molecule has 0 aliphatic rings. The van der Waals surface area contributed by atoms with Crippen molar-refractivity contribution in [1.82, 2.24) is 4.98 Å². The first-order valence-electron chi connectivity index (χ1n) is 5.86. The van der Waals surface area contributed by atoms with Gasteiger partial charge in [0.15, 0.2) is 5.92 Å². The second-order valence-corrected chi connectivity index (χ2v) is 4.54. The first kappa shape index (κ1) is 14.8. The maximum absolute atomic E-state index is 13.0. The molecule has 0 saturated carbocycles. The number of hydrogen-bond acceptors (Lipinski definition) is 3. The van der Waals surface area contributed by atoms with Gasteiger partial charge >= 0.3 is 0 Å². The molecule has 0 radical (unpaired) electrons. The van der Waals surface area contributed by atoms with E-state index in [1.165, 1.54) is 24.4 Å². The van der Waals surface area contributed by atoms with Gasteiger partial charge < -0.3 is 10.3 Å². The maximum Gasteiger partial charge on any atom is 0.249 e. The van der Waals surface area contributed by atoms with Crippen LogP contribution in [-0.2, 0) is 4.79 Å². The van der Waals surface area contributed by atoms with Gasteiger partial charge in [0.25, 0.3) is 0 Å². The molecule has 0 saturated heterocycles. The molecule has 1 heterocycles. The van der Waals surface area contributed by atoms with Crippen LogP contribution in [0.1, 0.15) is 10.5 Å². The number of halogens is 2. The Labute approximate surface area is 124 Å². The highest BCUT2D eigenvalue weighted by Crippen LogP contribution is 2.20. The molecule has 2 rings (SSSR count). The normalized spacial score (nSPS) is 11.5. The van der Waals surface area contributed by atoms with Gasteiger partial charge in [0.2, 0.25) is 11.7 Å². The molecule has 106 valence electrons. The Kier molecular flexibility index (Phi) is 4.36. The molecular formula is C14H9ClFN3O2. The SMILES string of the molecule is N#CC(C(=O)Nc1ccc(F)c(Cl)c1)C(=O)c1ccc[nH]1. The van der Waals surface area contributed by atoms with Crippen molar-refractivity contribution in [3.05, 3.63) is 53.1 Å². The Hall–Kier alpha value is -2.65. The fourth-order valence-corrected chi connectivity index (χ4v) is 1.84. The number of carbonyl (C=O) groups excluding carboxylic acids is 2. The minimum absolute atomic E-state index is 0.161. The van der Waals surface area contributed by atoms with Gasteiger partial charge in [0, 0.05) is 11.9 Å². The highest BCUT2D eigenvalue weighted by molar-refractivity contribution is 6.31. The van der Waals surface area contributed by atoms with Crippen molar-refractivity contribution >= 4 is 29.0 Å². The number of Topliss-reactive ketones (excluding diaryl/α,β-unsaturated/α-hetero) is 1. The molecule has 1 aromatic carbocycles. The molecule has 0 aliphatic carbocycles. The predicted octanol–water partition coefficient (Wildman–Crippen LogP) is 2.77. The molecule has 21 heavy (non-hydrogen) atoms. The molecule has 1 atom stereocenters. The average Bonchev–Trinajstić information content (AvgIpc) is 2.97. The number of nitriles is 1. The van der Waals surface area contributed by atoms with Gasteiger partial charge in [-0.1, -0.05) is 11.6 Å². The van der Waals surface area contributed by atoms with Crippen LogP contribution in [0.5, 0.6) is 0 Å². The van der Waals surface area contributed by atoms with Gasteiger partial charge in [-0.25, -0.2) is 4.39 Å². The van der Waals surface area contributed by atoms with E-state index in [0.717, 1.165) is 6.07 Å². The Morgan fingerprint density at radius 3 is 2.71 bits per heavy atom. The van der Waals surface area contributed by atoms with E-state index in [1.54, 1.807) is 12.1 Å². The molecular weight excluding hydrogens is 297 g/mol. The number of ketones is 1. The lowest BCUT2D eigenvalue weighted by molar-refractivity contribution is -0.117. The first-order valence-corrected chi connectivity index (χ1v) is 6.24. The van der Waals surface area contributed by atoms with Crippen LogP contribution in [0.3, 0.4) is 0 Å². The van der Waals surface area contributed by atoms with Crippen molar-refractivity contribution in [2.24, 2.45) is 5.92 Å². The minimum atomic E-state index is -1.51. The number of rotatable bonds is 4. The fourth-order valence-electron chi connectivity index (χ4n) is 1.66. The lowest BCUT2D eigenvalue weighted by atomic mass is 10.0. The summed E-state index contributed by atoms with van der Waals surface area (Å²) in [5, 5.41) is 11.2. The zero-order valence-corrected chi connectivity index (χ0v) is 11.3. The molecule has 1 amide bonds. The Morgan fingerprint density at radius 1 is 1.38 bits per heavy atom. The van der Waals surface area contributed by atoms with E-state index in [9.17, 15) is 14.0 Å². The number of aromatic amines is 1. The van der Waals surface area contributed by atoms with Crippen molar-refractivity contribution in [2.75, 3.05) is 5.32 Å². The third-order valence-corrected chi connectivity index (χ3v) is 2.99. The highest BCUT2D eigenvalue weighted by Gasteiger charge is 2.28. The Balaban J connectivity index is 2.16. The van der Waals surface area contributed by atoms with Crippen LogP contribution in [0.15, 0.2) is 36.5 Å². The first-order chi connectivity index (χ1) is 10.0. The van der Waals surface area contributed by atoms with E-state index in [0.29, 0.717) is 0 Å². The Bertz CT molecular complexity index is 722. The number of nitrogens with one attached hydrogen (secondary N) is 2. The number of aromatic nitrogens is 1. The van der Waals surface area contributed by atoms with Crippen molar-refractivity contribution < 1.29 is 14.0 Å². The summed E-state index contributed by atoms with van der Waals surface area (Å²) in [4.78, 5) is 26.6. The molecule has 0 aliphatic heterocycles. The summed E-state index contributed by atoms with van der Waals surface area (Å²) in [5.41, 5.74) is 0.361. The second-order valence-electron chi connectivity index (χ2n) is 4.13. The smallest absolute Gasteiger partial charge is 0.249 e. The van der Waals surface area contributed by atoms with E-state index in [2.05, 4.69) is 10.3 Å². The summed E-state index contributed by atoms with van der Waals surface area (Å²) in [6.07, 6.45) is 1.51. The quantitative estimate of drug-likeness (QED) is 0.672. The summed E-state index contributed by atoms with van der Waals surface area (Å²) >= 11 is 5.59. The third kappa shape index (κ3) is 3.27. The lowest BCUT2D eigenvalue weighted by Gasteiger charge is -2.09. The van der Waals surface area contributed by atoms with Gasteiger partial charge in [-0.2, -0.15) is 5.26 Å². The van der Waals surface area contributed by atoms with Crippen molar-refractivity contribution in [1.29, 1.82) is 5.26 Å². The number of benzene rings is 1. The fraction of sp³-hybridized carbons (Fsp3) is 0.0714. The highest BCUT2D eigenvalue weighted by atomic mass is 35.5. The van der Waals surface area contributed by atoms with E-state index >= 15 is 0 Å². The van der Waals surface area contributed by atoms with Crippen LogP contribution >= 0.6 is 11.6 Å². The Morgan fingerprint density at radius 2 is 2.14 bits per heavy atom. The standard InChI is InChI=1S/C14H9ClFN3O2/c15-10-6-8(3-4-11(10)16)19-14(21)9(7-17)13(20)12-2-1-5-18-12/h1-6,9,18H,(H,19,21). The van der Waals surface area contributed by atoms with Gasteiger partial charge in [-0.15, -0.1) is 0 Å². The largest absolute Gasteiger partial charge is 0.359 e. The topological polar surface area (TPSA) is 85.8 Å². The van der Waals surface area contributed by atoms with E-state index < -0.39 is 23.4 Å². The van der Waals surface area contributed by atoms with E-state index in [4.69, 9.17) is 16.9 Å². The van der Waals surface area contributed by atoms with Gasteiger partial charge in [0.1, 0.15) is 5.82 Å². The summed E-state index contributed by atoms with van der Waals surface area (Å²) in [6.45, 7) is 0. The van der Waals surface area contributed by atoms with Crippen LogP contribution in [0.25, 0.3) is 0 Å². The van der Waals surface area contributed by atoms with Crippen molar-refractivity contribution in [3.63, 3.8) is 0 Å². The van der Waals surface area contributed by atoms with Gasteiger partial charge in [-0.05, 0) is 30.3 Å². The number of anilines is 1. The van der Waals surface area contributed by atoms with Crippen LogP contribution in [0, 0.1) is 23.1 Å². The lowest BCUT2D eigenvalue weighted by Crippen LogP contribution is -2.28. The van der Waals surface area contributed by atoms with Gasteiger partial charge in [-0.3, -0.25) is 9.59 Å². The summed E-state index contributed by atoms with van der Waals surface area (Å²) in [5.74, 6) is -3.59. The zero-order valence-electron chi connectivity index (χ0n) is 10.6. The molecule has 1 unspecified atom stereocenters. The molecule has 2 aromatic rings. The van der Waals surface area contributed by atoms with E-state index in [-0.39, 0.29) is 16.4 Å². The monoisotopic (exact) mass is 305 g/mol. The third-order valence-electron chi connectivity index (χ3n) is 2.70. The number of nitrogens with zero attached hydrogens (tertiary/aromatic N) is 1. The number of amides is 1. The van der Waals surface area contributed by atoms with Crippen LogP contribution in [-0.4, -0.2) is 16.7 Å².